The maximum absolute atomic E-state index is 13.0. The maximum Gasteiger partial charge on any atom is 0.397 e. The van der Waals surface area contributed by atoms with Crippen molar-refractivity contribution >= 4 is 22.3 Å². The van der Waals surface area contributed by atoms with E-state index in [1.807, 2.05) is 36.4 Å². The van der Waals surface area contributed by atoms with E-state index >= 15 is 0 Å². The Morgan fingerprint density at radius 2 is 1.08 bits per heavy atom. The van der Waals surface area contributed by atoms with E-state index in [0.717, 1.165) is 77.0 Å². The van der Waals surface area contributed by atoms with Crippen LogP contribution >= 0.6 is 0 Å². The molecule has 1 aliphatic heterocycles. The van der Waals surface area contributed by atoms with Crippen LogP contribution in [-0.4, -0.2) is 74.4 Å². The number of aliphatic hydroxyl groups excluding tert-OH is 1. The Kier molecular flexibility index (Phi) is 18.8. The lowest BCUT2D eigenvalue weighted by Gasteiger charge is -2.43. The minimum absolute atomic E-state index is 0.0351. The Morgan fingerprint density at radius 3 is 1.51 bits per heavy atom. The number of benzene rings is 2. The predicted octanol–water partition coefficient (Wildman–Crippen LogP) is 6.31. The third kappa shape index (κ3) is 16.1. The van der Waals surface area contributed by atoms with Gasteiger partial charge in [-0.25, -0.2) is 4.18 Å². The number of methoxy groups -OCH3 is 1. The summed E-state index contributed by atoms with van der Waals surface area (Å²) in [5, 5.41) is 9.91. The highest BCUT2D eigenvalue weighted by molar-refractivity contribution is 7.80. The molecule has 11 nitrogen and oxygen atoms in total. The lowest BCUT2D eigenvalue weighted by molar-refractivity contribution is -0.296. The summed E-state index contributed by atoms with van der Waals surface area (Å²) >= 11 is 0. The Bertz CT molecular complexity index is 1310. The van der Waals surface area contributed by atoms with Crippen LogP contribution in [0.5, 0.6) is 0 Å². The van der Waals surface area contributed by atoms with Gasteiger partial charge in [-0.3, -0.25) is 14.1 Å². The molecule has 49 heavy (non-hydrogen) atoms. The normalized spacial score (nSPS) is 20.9. The Morgan fingerprint density at radius 1 is 0.653 bits per heavy atom. The number of hydrogen-bond donors (Lipinski definition) is 2. The predicted molar refractivity (Wildman–Crippen MR) is 184 cm³/mol. The van der Waals surface area contributed by atoms with Gasteiger partial charge in [-0.15, -0.1) is 0 Å². The molecule has 5 atom stereocenters. The molecule has 2 N–H and O–H groups in total. The average Bonchev–Trinajstić information content (AvgIpc) is 3.09. The second-order valence-electron chi connectivity index (χ2n) is 12.6. The second-order valence-corrected chi connectivity index (χ2v) is 13.6. The van der Waals surface area contributed by atoms with E-state index < -0.39 is 59.7 Å². The van der Waals surface area contributed by atoms with Gasteiger partial charge in [0.25, 0.3) is 0 Å². The topological polar surface area (TPSA) is 155 Å². The standard InChI is InChI=1S/C37H54O11S/c1-44-37-36(47-33(40)27-19-9-5-3-7-13-21-30-24-16-11-17-25-30)35(34(31(28-38)45-37)48-49(41,42)43)46-32(39)26-18-8-4-2-6-12-20-29-22-14-10-15-23-29/h10-11,14-17,22-25,31,34-38H,2-9,12-13,18-21,26-28H2,1H3,(H,41,42,43)/t31-,34-,35+,36-,37+/m1/s1. The molecular weight excluding hydrogens is 652 g/mol. The van der Waals surface area contributed by atoms with Crippen LogP contribution in [0, 0.1) is 0 Å². The van der Waals surface area contributed by atoms with Gasteiger partial charge < -0.3 is 24.1 Å². The lowest BCUT2D eigenvalue weighted by Crippen LogP contribution is -2.62. The quantitative estimate of drug-likeness (QED) is 0.0717. The minimum Gasteiger partial charge on any atom is -0.455 e. The first-order valence-corrected chi connectivity index (χ1v) is 19.0. The van der Waals surface area contributed by atoms with E-state index in [-0.39, 0.29) is 12.8 Å². The van der Waals surface area contributed by atoms with Crippen molar-refractivity contribution in [2.24, 2.45) is 0 Å². The summed E-state index contributed by atoms with van der Waals surface area (Å²) in [6.07, 6.45) is 6.00. The van der Waals surface area contributed by atoms with Crippen LogP contribution in [-0.2, 0) is 56.0 Å². The second kappa shape index (κ2) is 22.8. The van der Waals surface area contributed by atoms with Crippen molar-refractivity contribution in [1.29, 1.82) is 0 Å². The van der Waals surface area contributed by atoms with Crippen molar-refractivity contribution in [2.45, 2.75) is 133 Å². The zero-order valence-corrected chi connectivity index (χ0v) is 29.5. The fourth-order valence-corrected chi connectivity index (χ4v) is 6.57. The minimum atomic E-state index is -5.07. The van der Waals surface area contributed by atoms with Crippen LogP contribution in [0.3, 0.4) is 0 Å². The van der Waals surface area contributed by atoms with Crippen LogP contribution in [0.2, 0.25) is 0 Å². The van der Waals surface area contributed by atoms with Crippen molar-refractivity contribution in [3.63, 3.8) is 0 Å². The first kappa shape index (κ1) is 40.6. The molecule has 0 bridgehead atoms. The zero-order chi connectivity index (χ0) is 35.3. The molecule has 0 saturated carbocycles. The van der Waals surface area contributed by atoms with E-state index in [9.17, 15) is 27.7 Å². The molecule has 274 valence electrons. The number of carbonyl (C=O) groups excluding carboxylic acids is 2. The van der Waals surface area contributed by atoms with E-state index in [0.29, 0.717) is 12.8 Å². The smallest absolute Gasteiger partial charge is 0.397 e. The van der Waals surface area contributed by atoms with Crippen LogP contribution < -0.4 is 0 Å². The van der Waals surface area contributed by atoms with Gasteiger partial charge in [-0.05, 0) is 49.7 Å². The summed E-state index contributed by atoms with van der Waals surface area (Å²) in [5.41, 5.74) is 2.64. The molecule has 1 heterocycles. The van der Waals surface area contributed by atoms with Gasteiger partial charge in [0, 0.05) is 20.0 Å². The van der Waals surface area contributed by atoms with Crippen LogP contribution in [0.25, 0.3) is 0 Å². The fourth-order valence-electron chi connectivity index (χ4n) is 6.05. The molecule has 0 aromatic heterocycles. The SMILES string of the molecule is CO[C@H]1O[C@H](CO)[C@@H](OS(=O)(=O)O)[C@H](OC(=O)CCCCCCCCc2ccccc2)[C@H]1OC(=O)CCCCCCCCc1ccccc1. The Balaban J connectivity index is 1.46. The summed E-state index contributed by atoms with van der Waals surface area (Å²) < 4.78 is 60.0. The molecule has 1 fully saturated rings. The highest BCUT2D eigenvalue weighted by Gasteiger charge is 2.52. The van der Waals surface area contributed by atoms with E-state index in [4.69, 9.17) is 23.1 Å². The molecule has 0 radical (unpaired) electrons. The van der Waals surface area contributed by atoms with Gasteiger partial charge in [-0.2, -0.15) is 8.42 Å². The largest absolute Gasteiger partial charge is 0.455 e. The van der Waals surface area contributed by atoms with Crippen LogP contribution in [0.1, 0.15) is 101 Å². The van der Waals surface area contributed by atoms with E-state index in [1.54, 1.807) is 0 Å². The average molecular weight is 707 g/mol. The number of hydrogen-bond acceptors (Lipinski definition) is 10. The van der Waals surface area contributed by atoms with Crippen molar-refractivity contribution in [2.75, 3.05) is 13.7 Å². The van der Waals surface area contributed by atoms with Gasteiger partial charge in [0.05, 0.1) is 6.61 Å². The third-order valence-electron chi connectivity index (χ3n) is 8.65. The number of ether oxygens (including phenoxy) is 4. The van der Waals surface area contributed by atoms with E-state index in [1.165, 1.54) is 18.2 Å². The number of esters is 2. The van der Waals surface area contributed by atoms with Gasteiger partial charge in [-0.1, -0.05) is 112 Å². The van der Waals surface area contributed by atoms with Crippen molar-refractivity contribution in [3.8, 4) is 0 Å². The number of aryl methyl sites for hydroxylation is 2. The van der Waals surface area contributed by atoms with Gasteiger partial charge >= 0.3 is 22.3 Å². The van der Waals surface area contributed by atoms with Crippen molar-refractivity contribution in [3.05, 3.63) is 71.8 Å². The molecule has 2 aromatic rings. The molecule has 0 aliphatic carbocycles. The number of rotatable bonds is 24. The Labute approximate surface area is 291 Å². The summed E-state index contributed by atoms with van der Waals surface area (Å²) in [6.45, 7) is -0.746. The number of unbranched alkanes of at least 4 members (excludes halogenated alkanes) is 10. The maximum atomic E-state index is 13.0. The first-order valence-electron chi connectivity index (χ1n) is 17.6. The molecule has 0 amide bonds. The first-order chi connectivity index (χ1) is 23.7. The molecule has 0 unspecified atom stereocenters. The molecular formula is C37H54O11S. The van der Waals surface area contributed by atoms with Crippen LogP contribution in [0.4, 0.5) is 0 Å². The van der Waals surface area contributed by atoms with Crippen LogP contribution in [0.15, 0.2) is 60.7 Å². The zero-order valence-electron chi connectivity index (χ0n) is 28.7. The van der Waals surface area contributed by atoms with Gasteiger partial charge in [0.2, 0.25) is 0 Å². The van der Waals surface area contributed by atoms with Gasteiger partial charge in [0.1, 0.15) is 12.2 Å². The molecule has 1 saturated heterocycles. The lowest BCUT2D eigenvalue weighted by atomic mass is 9.98. The van der Waals surface area contributed by atoms with Crippen molar-refractivity contribution in [1.82, 2.24) is 0 Å². The monoisotopic (exact) mass is 706 g/mol. The highest BCUT2D eigenvalue weighted by Crippen LogP contribution is 2.30. The number of aliphatic hydroxyl groups is 1. The summed E-state index contributed by atoms with van der Waals surface area (Å²) in [7, 11) is -3.79. The fraction of sp³-hybridized carbons (Fsp3) is 0.622. The number of carbonyl (C=O) groups is 2. The summed E-state index contributed by atoms with van der Waals surface area (Å²) in [6, 6.07) is 20.7. The molecule has 1 aliphatic rings. The highest BCUT2D eigenvalue weighted by atomic mass is 32.3. The molecule has 12 heteroatoms. The Hall–Kier alpha value is -2.87. The molecule has 2 aromatic carbocycles. The summed E-state index contributed by atoms with van der Waals surface area (Å²) in [5.74, 6) is -1.28. The molecule has 3 rings (SSSR count). The third-order valence-corrected chi connectivity index (χ3v) is 9.11. The van der Waals surface area contributed by atoms with Gasteiger partial charge in [0.15, 0.2) is 18.5 Å². The van der Waals surface area contributed by atoms with Crippen molar-refractivity contribution < 1.29 is 50.8 Å². The van der Waals surface area contributed by atoms with E-state index in [2.05, 4.69) is 24.3 Å². The summed E-state index contributed by atoms with van der Waals surface area (Å²) in [4.78, 5) is 25.9. The molecule has 0 spiro atoms.